The van der Waals surface area contributed by atoms with Gasteiger partial charge in [0.2, 0.25) is 6.79 Å². The minimum atomic E-state index is -0.883. The monoisotopic (exact) mass is 498 g/mol. The van der Waals surface area contributed by atoms with E-state index in [2.05, 4.69) is 4.90 Å². The van der Waals surface area contributed by atoms with Gasteiger partial charge in [0.05, 0.1) is 0 Å². The quantitative estimate of drug-likeness (QED) is 0.296. The van der Waals surface area contributed by atoms with Gasteiger partial charge in [-0.3, -0.25) is 4.79 Å². The van der Waals surface area contributed by atoms with E-state index in [-0.39, 0.29) is 19.2 Å². The predicted molar refractivity (Wildman–Crippen MR) is 140 cm³/mol. The minimum Gasteiger partial charge on any atom is -0.480 e. The molecule has 6 nitrogen and oxygen atoms in total. The van der Waals surface area contributed by atoms with E-state index in [1.54, 1.807) is 12.1 Å². The van der Waals surface area contributed by atoms with Crippen LogP contribution in [0.3, 0.4) is 0 Å². The number of aliphatic carboxylic acids is 1. The lowest BCUT2D eigenvalue weighted by atomic mass is 10.1. The van der Waals surface area contributed by atoms with E-state index in [9.17, 15) is 14.3 Å². The van der Waals surface area contributed by atoms with Crippen LogP contribution in [0, 0.1) is 5.82 Å². The zero-order chi connectivity index (χ0) is 25.6. The molecule has 0 unspecified atom stereocenters. The second kappa shape index (κ2) is 11.0. The summed E-state index contributed by atoms with van der Waals surface area (Å²) >= 11 is 0. The fraction of sp³-hybridized carbons (Fsp3) is 0.167. The average Bonchev–Trinajstić information content (AvgIpc) is 3.37. The van der Waals surface area contributed by atoms with Gasteiger partial charge in [-0.15, -0.1) is 0 Å². The molecule has 188 valence electrons. The Bertz CT molecular complexity index is 1340. The number of ether oxygens (including phenoxy) is 2. The fourth-order valence-corrected chi connectivity index (χ4v) is 4.39. The van der Waals surface area contributed by atoms with Gasteiger partial charge in [-0.2, -0.15) is 0 Å². The molecule has 1 aliphatic rings. The Morgan fingerprint density at radius 1 is 0.703 bits per heavy atom. The molecule has 0 spiro atoms. The van der Waals surface area contributed by atoms with Gasteiger partial charge in [-0.05, 0) is 65.2 Å². The molecule has 0 aliphatic carbocycles. The van der Waals surface area contributed by atoms with Gasteiger partial charge in [0, 0.05) is 31.0 Å². The van der Waals surface area contributed by atoms with E-state index >= 15 is 0 Å². The molecule has 0 bridgehead atoms. The number of hydrogen-bond acceptors (Lipinski definition) is 5. The molecule has 0 saturated carbocycles. The lowest BCUT2D eigenvalue weighted by Gasteiger charge is -2.26. The second-order valence-corrected chi connectivity index (χ2v) is 8.92. The largest absolute Gasteiger partial charge is 0.480 e. The fourth-order valence-electron chi connectivity index (χ4n) is 4.39. The highest BCUT2D eigenvalue weighted by Gasteiger charge is 2.16. The van der Waals surface area contributed by atoms with Crippen LogP contribution in [0.4, 0.5) is 15.8 Å². The maximum Gasteiger partial charge on any atom is 0.323 e. The van der Waals surface area contributed by atoms with E-state index in [1.807, 2.05) is 77.7 Å². The molecule has 4 aromatic rings. The molecular weight excluding hydrogens is 471 g/mol. The summed E-state index contributed by atoms with van der Waals surface area (Å²) in [7, 11) is 0. The lowest BCUT2D eigenvalue weighted by molar-refractivity contribution is -0.135. The molecule has 1 aliphatic heterocycles. The van der Waals surface area contributed by atoms with Gasteiger partial charge >= 0.3 is 5.97 Å². The smallest absolute Gasteiger partial charge is 0.323 e. The van der Waals surface area contributed by atoms with Crippen molar-refractivity contribution in [1.29, 1.82) is 0 Å². The molecule has 5 rings (SSSR count). The van der Waals surface area contributed by atoms with Crippen LogP contribution >= 0.6 is 0 Å². The lowest BCUT2D eigenvalue weighted by Crippen LogP contribution is -2.29. The summed E-state index contributed by atoms with van der Waals surface area (Å²) < 4.78 is 24.6. The van der Waals surface area contributed by atoms with Crippen LogP contribution < -0.4 is 19.3 Å². The third kappa shape index (κ3) is 6.19. The number of hydrogen-bond donors (Lipinski definition) is 1. The van der Waals surface area contributed by atoms with Crippen LogP contribution in [0.1, 0.15) is 16.7 Å². The van der Waals surface area contributed by atoms with Gasteiger partial charge in [0.25, 0.3) is 0 Å². The zero-order valence-corrected chi connectivity index (χ0v) is 20.2. The number of carbonyl (C=O) groups is 1. The SMILES string of the molecule is O=C(O)CN(Cc1ccccc1)c1ccc(CN(Cc2ccc3c(c2)OCO3)c2ccc(F)cc2)cc1. The first-order valence-corrected chi connectivity index (χ1v) is 12.0. The minimum absolute atomic E-state index is 0.0972. The first-order valence-electron chi connectivity index (χ1n) is 12.0. The van der Waals surface area contributed by atoms with E-state index < -0.39 is 5.97 Å². The number of nitrogens with zero attached hydrogens (tertiary/aromatic N) is 2. The molecule has 37 heavy (non-hydrogen) atoms. The molecule has 1 N–H and O–H groups in total. The van der Waals surface area contributed by atoms with Crippen LogP contribution in [-0.2, 0) is 24.4 Å². The Hall–Kier alpha value is -4.52. The van der Waals surface area contributed by atoms with Gasteiger partial charge in [-0.25, -0.2) is 4.39 Å². The van der Waals surface area contributed by atoms with Crippen LogP contribution in [0.15, 0.2) is 97.1 Å². The van der Waals surface area contributed by atoms with Gasteiger partial charge in [-0.1, -0.05) is 48.5 Å². The molecular formula is C30H27FN2O4. The first-order chi connectivity index (χ1) is 18.0. The molecule has 0 radical (unpaired) electrons. The van der Waals surface area contributed by atoms with Crippen molar-refractivity contribution < 1.29 is 23.8 Å². The van der Waals surface area contributed by atoms with Gasteiger partial charge in [0.15, 0.2) is 11.5 Å². The number of benzene rings is 4. The van der Waals surface area contributed by atoms with Crippen LogP contribution in [-0.4, -0.2) is 24.4 Å². The summed E-state index contributed by atoms with van der Waals surface area (Å²) in [6.07, 6.45) is 0. The van der Waals surface area contributed by atoms with E-state index in [0.717, 1.165) is 39.6 Å². The Morgan fingerprint density at radius 2 is 1.27 bits per heavy atom. The number of anilines is 2. The van der Waals surface area contributed by atoms with Crippen molar-refractivity contribution in [3.63, 3.8) is 0 Å². The maximum absolute atomic E-state index is 13.6. The van der Waals surface area contributed by atoms with E-state index in [4.69, 9.17) is 9.47 Å². The summed E-state index contributed by atoms with van der Waals surface area (Å²) in [5.41, 5.74) is 4.85. The van der Waals surface area contributed by atoms with Gasteiger partial charge in [0.1, 0.15) is 12.4 Å². The highest BCUT2D eigenvalue weighted by molar-refractivity contribution is 5.73. The van der Waals surface area contributed by atoms with Crippen molar-refractivity contribution in [3.05, 3.63) is 120 Å². The van der Waals surface area contributed by atoms with Crippen molar-refractivity contribution in [2.75, 3.05) is 23.1 Å². The highest BCUT2D eigenvalue weighted by Crippen LogP contribution is 2.33. The third-order valence-corrected chi connectivity index (χ3v) is 6.22. The first kappa shape index (κ1) is 24.2. The molecule has 0 fully saturated rings. The van der Waals surface area contributed by atoms with Crippen molar-refractivity contribution in [2.45, 2.75) is 19.6 Å². The van der Waals surface area contributed by atoms with Crippen LogP contribution in [0.25, 0.3) is 0 Å². The number of rotatable bonds is 10. The van der Waals surface area contributed by atoms with Crippen molar-refractivity contribution in [2.24, 2.45) is 0 Å². The van der Waals surface area contributed by atoms with Crippen LogP contribution in [0.5, 0.6) is 11.5 Å². The van der Waals surface area contributed by atoms with Gasteiger partial charge < -0.3 is 24.4 Å². The molecule has 0 aromatic heterocycles. The summed E-state index contributed by atoms with van der Waals surface area (Å²) in [6.45, 7) is 1.79. The summed E-state index contributed by atoms with van der Waals surface area (Å²) in [4.78, 5) is 15.5. The molecule has 7 heteroatoms. The topological polar surface area (TPSA) is 62.2 Å². The van der Waals surface area contributed by atoms with Crippen molar-refractivity contribution in [1.82, 2.24) is 0 Å². The summed E-state index contributed by atoms with van der Waals surface area (Å²) in [6, 6.07) is 30.0. The normalized spacial score (nSPS) is 11.8. The van der Waals surface area contributed by atoms with E-state index in [0.29, 0.717) is 19.6 Å². The molecule has 0 amide bonds. The number of carboxylic acid groups (broad SMARTS) is 1. The van der Waals surface area contributed by atoms with Crippen molar-refractivity contribution >= 4 is 17.3 Å². The molecule has 1 heterocycles. The maximum atomic E-state index is 13.6. The predicted octanol–water partition coefficient (Wildman–Crippen LogP) is 5.85. The van der Waals surface area contributed by atoms with Crippen molar-refractivity contribution in [3.8, 4) is 11.5 Å². The Morgan fingerprint density at radius 3 is 2.00 bits per heavy atom. The van der Waals surface area contributed by atoms with E-state index in [1.165, 1.54) is 12.1 Å². The summed E-state index contributed by atoms with van der Waals surface area (Å²) in [5, 5.41) is 9.45. The number of fused-ring (bicyclic) bond motifs is 1. The standard InChI is InChI=1S/C30H27FN2O4/c31-25-9-13-27(14-10-25)32(19-24-8-15-28-29(16-24)37-21-36-28)18-23-6-11-26(12-7-23)33(20-30(34)35)17-22-4-2-1-3-5-22/h1-16H,17-21H2,(H,34,35). The molecule has 0 saturated heterocycles. The Kier molecular flexibility index (Phi) is 7.21. The Balaban J connectivity index is 1.36. The zero-order valence-electron chi connectivity index (χ0n) is 20.2. The second-order valence-electron chi connectivity index (χ2n) is 8.92. The molecule has 4 aromatic carbocycles. The van der Waals surface area contributed by atoms with Crippen LogP contribution in [0.2, 0.25) is 0 Å². The Labute approximate surface area is 215 Å². The third-order valence-electron chi connectivity index (χ3n) is 6.22. The summed E-state index contributed by atoms with van der Waals surface area (Å²) in [5.74, 6) is 0.284. The number of halogens is 1. The number of carboxylic acids is 1. The molecule has 0 atom stereocenters. The highest BCUT2D eigenvalue weighted by atomic mass is 19.1. The average molecular weight is 499 g/mol.